The van der Waals surface area contributed by atoms with E-state index >= 15 is 0 Å². The van der Waals surface area contributed by atoms with Gasteiger partial charge in [0.05, 0.1) is 7.11 Å². The molecule has 29 heavy (non-hydrogen) atoms. The van der Waals surface area contributed by atoms with Gasteiger partial charge in [-0.25, -0.2) is 4.98 Å². The van der Waals surface area contributed by atoms with Gasteiger partial charge >= 0.3 is 0 Å². The molecule has 1 fully saturated rings. The van der Waals surface area contributed by atoms with E-state index in [9.17, 15) is 0 Å². The Labute approximate surface area is 191 Å². The lowest BCUT2D eigenvalue weighted by atomic mass is 10.1. The van der Waals surface area contributed by atoms with Crippen molar-refractivity contribution in [3.63, 3.8) is 0 Å². The van der Waals surface area contributed by atoms with Crippen molar-refractivity contribution in [3.05, 3.63) is 53.7 Å². The van der Waals surface area contributed by atoms with Crippen LogP contribution in [0.5, 0.6) is 5.75 Å². The summed E-state index contributed by atoms with van der Waals surface area (Å²) in [5, 5.41) is 3.46. The van der Waals surface area contributed by atoms with Gasteiger partial charge in [0.25, 0.3) is 0 Å². The van der Waals surface area contributed by atoms with Crippen LogP contribution in [0.2, 0.25) is 0 Å². The minimum atomic E-state index is 0. The van der Waals surface area contributed by atoms with Gasteiger partial charge < -0.3 is 19.9 Å². The van der Waals surface area contributed by atoms with Gasteiger partial charge in [-0.05, 0) is 54.7 Å². The second-order valence-electron chi connectivity index (χ2n) is 7.17. The number of guanidine groups is 1. The fourth-order valence-electron chi connectivity index (χ4n) is 3.51. The van der Waals surface area contributed by atoms with E-state index in [0.717, 1.165) is 43.7 Å². The van der Waals surface area contributed by atoms with E-state index in [1.165, 1.54) is 30.4 Å². The number of hydrogen-bond acceptors (Lipinski definition) is 4. The van der Waals surface area contributed by atoms with Crippen LogP contribution in [0.25, 0.3) is 0 Å². The molecule has 1 N–H and O–H groups in total. The van der Waals surface area contributed by atoms with E-state index in [4.69, 9.17) is 4.74 Å². The van der Waals surface area contributed by atoms with Crippen molar-refractivity contribution in [1.82, 2.24) is 15.2 Å². The normalized spacial score (nSPS) is 14.2. The molecule has 1 aromatic carbocycles. The number of pyridine rings is 1. The summed E-state index contributed by atoms with van der Waals surface area (Å²) in [5.41, 5.74) is 2.43. The molecule has 3 rings (SSSR count). The molecule has 0 unspecified atom stereocenters. The highest BCUT2D eigenvalue weighted by atomic mass is 127. The van der Waals surface area contributed by atoms with Gasteiger partial charge in [-0.3, -0.25) is 4.99 Å². The predicted octanol–water partition coefficient (Wildman–Crippen LogP) is 3.91. The summed E-state index contributed by atoms with van der Waals surface area (Å²) in [5.74, 6) is 2.82. The summed E-state index contributed by atoms with van der Waals surface area (Å²) in [6, 6.07) is 12.4. The highest BCUT2D eigenvalue weighted by Crippen LogP contribution is 2.18. The second kappa shape index (κ2) is 11.8. The standard InChI is InChI=1S/C22H31N5O.HI/c1-23-22(26(2)17-18-7-9-20(28-3)10-8-18)25-16-19-11-12-24-21(15-19)27-13-5-4-6-14-27;/h7-12,15H,4-6,13-14,16-17H2,1-3H3,(H,23,25);1H. The average molecular weight is 509 g/mol. The summed E-state index contributed by atoms with van der Waals surface area (Å²) in [4.78, 5) is 13.5. The molecule has 2 heterocycles. The largest absolute Gasteiger partial charge is 0.497 e. The monoisotopic (exact) mass is 509 g/mol. The van der Waals surface area contributed by atoms with Gasteiger partial charge in [0, 0.05) is 46.5 Å². The number of aliphatic imine (C=N–C) groups is 1. The molecule has 0 amide bonds. The first kappa shape index (κ1) is 23.3. The Morgan fingerprint density at radius 3 is 2.52 bits per heavy atom. The summed E-state index contributed by atoms with van der Waals surface area (Å²) in [6.45, 7) is 3.72. The third-order valence-electron chi connectivity index (χ3n) is 5.09. The van der Waals surface area contributed by atoms with E-state index in [0.29, 0.717) is 0 Å². The molecule has 0 saturated carbocycles. The van der Waals surface area contributed by atoms with Crippen LogP contribution in [0.3, 0.4) is 0 Å². The number of rotatable bonds is 6. The highest BCUT2D eigenvalue weighted by Gasteiger charge is 2.13. The highest BCUT2D eigenvalue weighted by molar-refractivity contribution is 14.0. The van der Waals surface area contributed by atoms with Crippen molar-refractivity contribution >= 4 is 35.8 Å². The summed E-state index contributed by atoms with van der Waals surface area (Å²) >= 11 is 0. The molecule has 0 aliphatic carbocycles. The predicted molar refractivity (Wildman–Crippen MR) is 130 cm³/mol. The number of methoxy groups -OCH3 is 1. The maximum Gasteiger partial charge on any atom is 0.193 e. The zero-order chi connectivity index (χ0) is 19.8. The molecule has 7 heteroatoms. The first-order valence-corrected chi connectivity index (χ1v) is 9.94. The molecule has 0 atom stereocenters. The summed E-state index contributed by atoms with van der Waals surface area (Å²) in [7, 11) is 5.55. The molecular weight excluding hydrogens is 477 g/mol. The number of benzene rings is 1. The van der Waals surface area contributed by atoms with Crippen molar-refractivity contribution in [1.29, 1.82) is 0 Å². The van der Waals surface area contributed by atoms with Gasteiger partial charge in [-0.1, -0.05) is 12.1 Å². The summed E-state index contributed by atoms with van der Waals surface area (Å²) < 4.78 is 5.23. The zero-order valence-electron chi connectivity index (χ0n) is 17.6. The maximum atomic E-state index is 5.23. The number of anilines is 1. The summed E-state index contributed by atoms with van der Waals surface area (Å²) in [6.07, 6.45) is 5.75. The van der Waals surface area contributed by atoms with Crippen molar-refractivity contribution in [2.24, 2.45) is 4.99 Å². The second-order valence-corrected chi connectivity index (χ2v) is 7.17. The van der Waals surface area contributed by atoms with E-state index < -0.39 is 0 Å². The van der Waals surface area contributed by atoms with Crippen molar-refractivity contribution in [2.45, 2.75) is 32.4 Å². The average Bonchev–Trinajstić information content (AvgIpc) is 2.75. The van der Waals surface area contributed by atoms with Crippen LogP contribution in [0, 0.1) is 0 Å². The fraction of sp³-hybridized carbons (Fsp3) is 0.455. The van der Waals surface area contributed by atoms with Crippen LogP contribution >= 0.6 is 24.0 Å². The van der Waals surface area contributed by atoms with Crippen molar-refractivity contribution in [2.75, 3.05) is 39.2 Å². The number of halogens is 1. The van der Waals surface area contributed by atoms with E-state index in [1.807, 2.05) is 32.4 Å². The molecule has 1 aromatic heterocycles. The van der Waals surface area contributed by atoms with Gasteiger partial charge in [0.2, 0.25) is 0 Å². The van der Waals surface area contributed by atoms with E-state index in [2.05, 4.69) is 49.4 Å². The third kappa shape index (κ3) is 6.76. The molecule has 1 aliphatic rings. The Kier molecular flexibility index (Phi) is 9.50. The molecule has 1 saturated heterocycles. The van der Waals surface area contributed by atoms with Crippen molar-refractivity contribution in [3.8, 4) is 5.75 Å². The molecular formula is C22H32IN5O. The van der Waals surface area contributed by atoms with Gasteiger partial charge in [0.1, 0.15) is 11.6 Å². The molecule has 158 valence electrons. The van der Waals surface area contributed by atoms with Gasteiger partial charge in [-0.15, -0.1) is 24.0 Å². The smallest absolute Gasteiger partial charge is 0.193 e. The minimum absolute atomic E-state index is 0. The van der Waals surface area contributed by atoms with Crippen LogP contribution in [-0.4, -0.2) is 50.1 Å². The Balaban J connectivity index is 0.00000300. The number of nitrogens with one attached hydrogen (secondary N) is 1. The van der Waals surface area contributed by atoms with Crippen molar-refractivity contribution < 1.29 is 4.74 Å². The van der Waals surface area contributed by atoms with Crippen LogP contribution in [0.4, 0.5) is 5.82 Å². The number of piperidine rings is 1. The first-order valence-electron chi connectivity index (χ1n) is 9.94. The third-order valence-corrected chi connectivity index (χ3v) is 5.09. The molecule has 0 radical (unpaired) electrons. The molecule has 0 bridgehead atoms. The number of aromatic nitrogens is 1. The van der Waals surface area contributed by atoms with E-state index in [1.54, 1.807) is 7.11 Å². The van der Waals surface area contributed by atoms with Gasteiger partial charge in [-0.2, -0.15) is 0 Å². The number of hydrogen-bond donors (Lipinski definition) is 1. The number of ether oxygens (including phenoxy) is 1. The molecule has 0 spiro atoms. The Morgan fingerprint density at radius 2 is 1.86 bits per heavy atom. The fourth-order valence-corrected chi connectivity index (χ4v) is 3.51. The molecule has 6 nitrogen and oxygen atoms in total. The lowest BCUT2D eigenvalue weighted by molar-refractivity contribution is 0.414. The van der Waals surface area contributed by atoms with Crippen LogP contribution in [-0.2, 0) is 13.1 Å². The SMILES string of the molecule is CN=C(NCc1ccnc(N2CCCCC2)c1)N(C)Cc1ccc(OC)cc1.I. The molecule has 1 aliphatic heterocycles. The topological polar surface area (TPSA) is 53.0 Å². The lowest BCUT2D eigenvalue weighted by Gasteiger charge is -2.28. The van der Waals surface area contributed by atoms with Crippen LogP contribution in [0.15, 0.2) is 47.6 Å². The van der Waals surface area contributed by atoms with Crippen LogP contribution in [0.1, 0.15) is 30.4 Å². The molecule has 2 aromatic rings. The number of nitrogens with zero attached hydrogens (tertiary/aromatic N) is 4. The Bertz CT molecular complexity index is 775. The quantitative estimate of drug-likeness (QED) is 0.364. The van der Waals surface area contributed by atoms with E-state index in [-0.39, 0.29) is 24.0 Å². The minimum Gasteiger partial charge on any atom is -0.497 e. The lowest BCUT2D eigenvalue weighted by Crippen LogP contribution is -2.38. The maximum absolute atomic E-state index is 5.23. The Hall–Kier alpha value is -2.03. The van der Waals surface area contributed by atoms with Gasteiger partial charge in [0.15, 0.2) is 5.96 Å². The van der Waals surface area contributed by atoms with Crippen LogP contribution < -0.4 is 15.0 Å². The zero-order valence-corrected chi connectivity index (χ0v) is 19.9. The Morgan fingerprint density at radius 1 is 1.14 bits per heavy atom. The first-order chi connectivity index (χ1) is 13.7.